The van der Waals surface area contributed by atoms with E-state index in [1.54, 1.807) is 0 Å². The van der Waals surface area contributed by atoms with E-state index in [0.29, 0.717) is 17.5 Å². The van der Waals surface area contributed by atoms with Crippen LogP contribution in [0.5, 0.6) is 0 Å². The van der Waals surface area contributed by atoms with E-state index in [1.165, 1.54) is 70.1 Å². The topological polar surface area (TPSA) is 50.1 Å². The van der Waals surface area contributed by atoms with Crippen LogP contribution in [0, 0.1) is 0 Å². The third-order valence-corrected chi connectivity index (χ3v) is 18.0. The van der Waals surface area contributed by atoms with Crippen molar-refractivity contribution in [1.82, 2.24) is 19.5 Å². The van der Waals surface area contributed by atoms with Gasteiger partial charge in [0.1, 0.15) is 0 Å². The molecule has 83 heavy (non-hydrogen) atoms. The molecule has 8 heteroatoms. The highest BCUT2D eigenvalue weighted by Gasteiger charge is 2.42. The fraction of sp³-hybridized carbons (Fsp3) is 0. The molecular weight excluding hydrogens is 1030 g/mol. The molecule has 5 heterocycles. The van der Waals surface area contributed by atoms with E-state index < -0.39 is 0 Å². The molecule has 0 unspecified atom stereocenters. The smallest absolute Gasteiger partial charge is 0.252 e. The Bertz CT molecular complexity index is 5000. The summed E-state index contributed by atoms with van der Waals surface area (Å²) in [6.45, 7) is 0.0801. The summed E-state index contributed by atoms with van der Waals surface area (Å²) in [6, 6.07) is 103. The first-order valence-electron chi connectivity index (χ1n) is 28.2. The number of benzene rings is 12. The van der Waals surface area contributed by atoms with E-state index in [-0.39, 0.29) is 6.71 Å². The maximum absolute atomic E-state index is 5.23. The normalized spacial score (nSPS) is 12.5. The van der Waals surface area contributed by atoms with Gasteiger partial charge in [-0.3, -0.25) is 0 Å². The summed E-state index contributed by atoms with van der Waals surface area (Å²) in [5.41, 5.74) is 21.4. The first kappa shape index (κ1) is 47.2. The standard InChI is InChI=1S/C75H47BN6S/c1-4-20-49(21-5-1)73-77-74(50-22-6-2-7-23-50)79-75(78-73)53-40-44-63(82-62-32-14-10-29-58(62)70-66(82)45-43-57-56-28-11-17-37-69(56)83-72(57)70)59(47-53)52-25-18-24-51(46-52)48-38-41-55(42-39-48)81-65-34-16-13-31-61(65)76-60-30-12-15-33-64(60)80(54-26-8-3-9-27-54)67-35-19-36-68(81)71(67)76/h1-47H. The fourth-order valence-corrected chi connectivity index (χ4v) is 14.4. The van der Waals surface area contributed by atoms with Crippen molar-refractivity contribution >= 4 is 111 Å². The Morgan fingerprint density at radius 1 is 0.313 bits per heavy atom. The molecule has 0 radical (unpaired) electrons. The van der Waals surface area contributed by atoms with Crippen molar-refractivity contribution in [3.8, 4) is 62.1 Å². The van der Waals surface area contributed by atoms with Crippen LogP contribution in [0.25, 0.3) is 104 Å². The second-order valence-corrected chi connectivity index (χ2v) is 22.5. The van der Waals surface area contributed by atoms with Gasteiger partial charge in [-0.25, -0.2) is 15.0 Å². The van der Waals surface area contributed by atoms with E-state index in [0.717, 1.165) is 67.0 Å². The quantitative estimate of drug-likeness (QED) is 0.142. The summed E-state index contributed by atoms with van der Waals surface area (Å²) in [5.74, 6) is 1.85. The summed E-state index contributed by atoms with van der Waals surface area (Å²) in [7, 11) is 0. The Kier molecular flexibility index (Phi) is 10.8. The molecule has 2 aliphatic heterocycles. The van der Waals surface area contributed by atoms with Crippen molar-refractivity contribution in [1.29, 1.82) is 0 Å². The molecule has 2 aliphatic rings. The molecule has 0 aliphatic carbocycles. The van der Waals surface area contributed by atoms with Crippen LogP contribution in [-0.4, -0.2) is 26.2 Å². The summed E-state index contributed by atoms with van der Waals surface area (Å²) in [4.78, 5) is 20.4. The van der Waals surface area contributed by atoms with Gasteiger partial charge in [-0.1, -0.05) is 194 Å². The number of nitrogens with zero attached hydrogens (tertiary/aromatic N) is 6. The molecule has 0 spiro atoms. The molecule has 0 saturated heterocycles. The average molecular weight is 1080 g/mol. The minimum absolute atomic E-state index is 0.0801. The molecule has 17 rings (SSSR count). The lowest BCUT2D eigenvalue weighted by Crippen LogP contribution is -2.61. The van der Waals surface area contributed by atoms with Crippen molar-refractivity contribution < 1.29 is 0 Å². The van der Waals surface area contributed by atoms with E-state index in [2.05, 4.69) is 263 Å². The third-order valence-electron chi connectivity index (χ3n) is 16.8. The van der Waals surface area contributed by atoms with Crippen molar-refractivity contribution in [2.45, 2.75) is 0 Å². The highest BCUT2D eigenvalue weighted by Crippen LogP contribution is 2.47. The van der Waals surface area contributed by atoms with Gasteiger partial charge in [0.15, 0.2) is 17.5 Å². The Hall–Kier alpha value is -10.7. The number of fused-ring (bicyclic) bond motifs is 11. The number of rotatable bonds is 8. The molecule has 3 aromatic heterocycles. The number of hydrogen-bond donors (Lipinski definition) is 0. The summed E-state index contributed by atoms with van der Waals surface area (Å²) in [6.07, 6.45) is 0. The minimum atomic E-state index is 0.0801. The zero-order valence-electron chi connectivity index (χ0n) is 44.8. The highest BCUT2D eigenvalue weighted by molar-refractivity contribution is 7.26. The van der Waals surface area contributed by atoms with Crippen LogP contribution in [0.2, 0.25) is 0 Å². The van der Waals surface area contributed by atoms with Gasteiger partial charge >= 0.3 is 0 Å². The van der Waals surface area contributed by atoms with E-state index in [4.69, 9.17) is 15.0 Å². The van der Waals surface area contributed by atoms with Gasteiger partial charge < -0.3 is 14.4 Å². The number of hydrogen-bond acceptors (Lipinski definition) is 6. The van der Waals surface area contributed by atoms with Crippen LogP contribution in [0.15, 0.2) is 285 Å². The first-order valence-corrected chi connectivity index (χ1v) is 29.0. The minimum Gasteiger partial charge on any atom is -0.311 e. The van der Waals surface area contributed by atoms with Crippen LogP contribution < -0.4 is 26.2 Å². The molecular formula is C75H47BN6S. The van der Waals surface area contributed by atoms with Crippen LogP contribution in [0.4, 0.5) is 34.1 Å². The third kappa shape index (κ3) is 7.53. The number of aromatic nitrogens is 4. The monoisotopic (exact) mass is 1070 g/mol. The summed E-state index contributed by atoms with van der Waals surface area (Å²) >= 11 is 1.88. The average Bonchev–Trinajstić information content (AvgIpc) is 2.72. The lowest BCUT2D eigenvalue weighted by molar-refractivity contribution is 1.07. The molecule has 0 saturated carbocycles. The van der Waals surface area contributed by atoms with E-state index >= 15 is 0 Å². The maximum atomic E-state index is 5.23. The summed E-state index contributed by atoms with van der Waals surface area (Å²) < 4.78 is 5.06. The van der Waals surface area contributed by atoms with Crippen molar-refractivity contribution in [3.05, 3.63) is 285 Å². The highest BCUT2D eigenvalue weighted by atomic mass is 32.1. The molecule has 0 bridgehead atoms. The first-order chi connectivity index (χ1) is 41.2. The Labute approximate surface area is 484 Å². The van der Waals surface area contributed by atoms with Gasteiger partial charge in [-0.05, 0) is 124 Å². The molecule has 15 aromatic rings. The van der Waals surface area contributed by atoms with Crippen LogP contribution >= 0.6 is 11.3 Å². The molecule has 6 nitrogen and oxygen atoms in total. The van der Waals surface area contributed by atoms with Gasteiger partial charge in [-0.15, -0.1) is 11.3 Å². The Balaban J connectivity index is 0.825. The van der Waals surface area contributed by atoms with E-state index in [9.17, 15) is 0 Å². The zero-order chi connectivity index (χ0) is 54.5. The number of anilines is 6. The van der Waals surface area contributed by atoms with Gasteiger partial charge in [-0.2, -0.15) is 0 Å². The van der Waals surface area contributed by atoms with Crippen molar-refractivity contribution in [3.63, 3.8) is 0 Å². The Morgan fingerprint density at radius 2 is 0.831 bits per heavy atom. The van der Waals surface area contributed by atoms with Gasteiger partial charge in [0.05, 0.1) is 16.7 Å². The maximum Gasteiger partial charge on any atom is 0.252 e. The fourth-order valence-electron chi connectivity index (χ4n) is 13.2. The van der Waals surface area contributed by atoms with Gasteiger partial charge in [0, 0.05) is 87.3 Å². The van der Waals surface area contributed by atoms with Crippen molar-refractivity contribution in [2.24, 2.45) is 0 Å². The molecule has 386 valence electrons. The SMILES string of the molecule is c1ccc(-c2nc(-c3ccccc3)nc(-c3ccc(-n4c5ccccc5c5c6sc7ccccc7c6ccc54)c(-c4cccc(-c5ccc(N6c7ccccc7B7c8ccccc8N(c8ccccc8)c8cccc6c87)cc5)c4)c3)n2)cc1. The zero-order valence-corrected chi connectivity index (χ0v) is 45.6. The Morgan fingerprint density at radius 3 is 1.52 bits per heavy atom. The largest absolute Gasteiger partial charge is 0.311 e. The van der Waals surface area contributed by atoms with Gasteiger partial charge in [0.2, 0.25) is 0 Å². The summed E-state index contributed by atoms with van der Waals surface area (Å²) in [5, 5.41) is 5.06. The van der Waals surface area contributed by atoms with Crippen LogP contribution in [0.3, 0.4) is 0 Å². The van der Waals surface area contributed by atoms with Crippen LogP contribution in [0.1, 0.15) is 0 Å². The van der Waals surface area contributed by atoms with Crippen molar-refractivity contribution in [2.75, 3.05) is 9.80 Å². The second kappa shape index (κ2) is 19.0. The lowest BCUT2D eigenvalue weighted by Gasteiger charge is -2.44. The molecule has 12 aromatic carbocycles. The molecule has 0 amide bonds. The number of thiophene rings is 1. The predicted molar refractivity (Wildman–Crippen MR) is 348 cm³/mol. The second-order valence-electron chi connectivity index (χ2n) is 21.5. The van der Waals surface area contributed by atoms with Gasteiger partial charge in [0.25, 0.3) is 6.71 Å². The van der Waals surface area contributed by atoms with Crippen LogP contribution in [-0.2, 0) is 0 Å². The lowest BCUT2D eigenvalue weighted by atomic mass is 9.33. The number of para-hydroxylation sites is 4. The molecule has 0 N–H and O–H groups in total. The molecule has 0 fully saturated rings. The predicted octanol–water partition coefficient (Wildman–Crippen LogP) is 17.8. The van der Waals surface area contributed by atoms with E-state index in [1.807, 2.05) is 47.7 Å². The molecule has 0 atom stereocenters.